The van der Waals surface area contributed by atoms with Crippen LogP contribution in [0.3, 0.4) is 0 Å². The van der Waals surface area contributed by atoms with Crippen LogP contribution < -0.4 is 9.80 Å². The van der Waals surface area contributed by atoms with E-state index in [1.54, 1.807) is 0 Å². The lowest BCUT2D eigenvalue weighted by Crippen LogP contribution is -2.10. The molecule has 2 nitrogen and oxygen atoms in total. The second-order valence-corrected chi connectivity index (χ2v) is 23.6. The fourth-order valence-corrected chi connectivity index (χ4v) is 14.5. The first-order chi connectivity index (χ1) is 38.6. The molecule has 0 spiro atoms. The molecule has 10 aromatic carbocycles. The van der Waals surface area contributed by atoms with Gasteiger partial charge in [-0.15, -0.1) is 45.3 Å². The summed E-state index contributed by atoms with van der Waals surface area (Å²) in [7, 11) is 0. The van der Waals surface area contributed by atoms with Gasteiger partial charge in [-0.1, -0.05) is 170 Å². The molecule has 0 atom stereocenters. The highest BCUT2D eigenvalue weighted by molar-refractivity contribution is 7.22. The van der Waals surface area contributed by atoms with E-state index in [0.717, 1.165) is 45.3 Å². The molecule has 14 rings (SSSR count). The molecule has 0 unspecified atom stereocenters. The summed E-state index contributed by atoms with van der Waals surface area (Å²) in [5.74, 6) is 0. The monoisotopic (exact) mass is 1070 g/mol. The molecule has 0 amide bonds. The standard InChI is InChI=1S/C72H48N2S4/c1-3-11-51(12-4-1)67-43-45-69(75-67)53-23-35-61(36-24-53)73(63-39-27-55(28-40-63)71-47-57-15-7-9-17-65(57)77-71)59-31-19-49(20-32-59)50-21-33-60(34-22-50)74(64-41-29-56(30-42-64)72-48-58-16-8-10-18-66(58)78-72)62-37-25-54(26-38-62)70-46-44-68(76-70)52-13-5-2-6-14-52/h1-48H. The van der Waals surface area contributed by atoms with Gasteiger partial charge in [-0.2, -0.15) is 0 Å². The van der Waals surface area contributed by atoms with Crippen LogP contribution in [0, 0.1) is 0 Å². The molecule has 0 N–H and O–H groups in total. The number of hydrogen-bond acceptors (Lipinski definition) is 6. The molecule has 6 heteroatoms. The lowest BCUT2D eigenvalue weighted by molar-refractivity contribution is 1.28. The quantitative estimate of drug-likeness (QED) is 0.114. The SMILES string of the molecule is c1ccc(-c2ccc(-c3ccc(N(c4ccc(-c5ccc(N(c6ccc(-c7ccc(-c8ccccc8)s7)cc6)c6ccc(-c7cc8ccccc8s7)cc6)cc5)cc4)c4ccc(-c5cc6ccccc6s5)cc4)cc3)s2)cc1. The molecular weight excluding hydrogens is 1020 g/mol. The van der Waals surface area contributed by atoms with Crippen molar-refractivity contribution in [3.8, 4) is 73.8 Å². The van der Waals surface area contributed by atoms with E-state index in [4.69, 9.17) is 0 Å². The third kappa shape index (κ3) is 9.57. The average Bonchev–Trinajstić information content (AvgIpc) is 4.38. The molecule has 78 heavy (non-hydrogen) atoms. The van der Waals surface area contributed by atoms with Crippen LogP contribution in [0.4, 0.5) is 34.1 Å². The van der Waals surface area contributed by atoms with E-state index in [1.165, 1.54) is 82.8 Å². The maximum Gasteiger partial charge on any atom is 0.0462 e. The van der Waals surface area contributed by atoms with Gasteiger partial charge in [0.15, 0.2) is 0 Å². The summed E-state index contributed by atoms with van der Waals surface area (Å²) in [6, 6.07) is 106. The van der Waals surface area contributed by atoms with E-state index in [1.807, 2.05) is 45.3 Å². The molecule has 14 aromatic rings. The van der Waals surface area contributed by atoms with E-state index in [9.17, 15) is 0 Å². The van der Waals surface area contributed by atoms with Crippen LogP contribution in [-0.4, -0.2) is 0 Å². The van der Waals surface area contributed by atoms with Crippen molar-refractivity contribution in [2.45, 2.75) is 0 Å². The predicted molar refractivity (Wildman–Crippen MR) is 340 cm³/mol. The second kappa shape index (κ2) is 20.9. The highest BCUT2D eigenvalue weighted by Crippen LogP contribution is 2.44. The summed E-state index contributed by atoms with van der Waals surface area (Å²) >= 11 is 7.35. The second-order valence-electron chi connectivity index (χ2n) is 19.3. The van der Waals surface area contributed by atoms with Crippen LogP contribution in [0.1, 0.15) is 0 Å². The van der Waals surface area contributed by atoms with Gasteiger partial charge in [-0.3, -0.25) is 0 Å². The van der Waals surface area contributed by atoms with E-state index in [2.05, 4.69) is 301 Å². The van der Waals surface area contributed by atoms with Gasteiger partial charge in [0.05, 0.1) is 0 Å². The van der Waals surface area contributed by atoms with E-state index in [0.29, 0.717) is 0 Å². The zero-order chi connectivity index (χ0) is 51.8. The Balaban J connectivity index is 0.771. The van der Waals surface area contributed by atoms with E-state index >= 15 is 0 Å². The van der Waals surface area contributed by atoms with Gasteiger partial charge < -0.3 is 9.80 Å². The summed E-state index contributed by atoms with van der Waals surface area (Å²) in [6.07, 6.45) is 0. The van der Waals surface area contributed by atoms with Crippen molar-refractivity contribution in [3.05, 3.63) is 291 Å². The van der Waals surface area contributed by atoms with Crippen molar-refractivity contribution < 1.29 is 0 Å². The first kappa shape index (κ1) is 47.6. The Bertz CT molecular complexity index is 3970. The Kier molecular flexibility index (Phi) is 12.8. The lowest BCUT2D eigenvalue weighted by Gasteiger charge is -2.26. The van der Waals surface area contributed by atoms with Gasteiger partial charge in [-0.05, 0) is 177 Å². The van der Waals surface area contributed by atoms with Crippen molar-refractivity contribution >= 4 is 99.6 Å². The summed E-state index contributed by atoms with van der Waals surface area (Å²) in [6.45, 7) is 0. The summed E-state index contributed by atoms with van der Waals surface area (Å²) in [5.41, 5.74) is 16.2. The van der Waals surface area contributed by atoms with E-state index in [-0.39, 0.29) is 0 Å². The Hall–Kier alpha value is -8.88. The van der Waals surface area contributed by atoms with Crippen LogP contribution in [0.5, 0.6) is 0 Å². The number of fused-ring (bicyclic) bond motifs is 2. The normalized spacial score (nSPS) is 11.3. The maximum atomic E-state index is 2.37. The van der Waals surface area contributed by atoms with Gasteiger partial charge in [-0.25, -0.2) is 0 Å². The number of anilines is 6. The van der Waals surface area contributed by atoms with Crippen molar-refractivity contribution in [2.24, 2.45) is 0 Å². The zero-order valence-electron chi connectivity index (χ0n) is 42.2. The number of thiophene rings is 4. The molecule has 0 aliphatic carbocycles. The highest BCUT2D eigenvalue weighted by Gasteiger charge is 2.18. The maximum absolute atomic E-state index is 2.37. The van der Waals surface area contributed by atoms with Crippen molar-refractivity contribution in [1.82, 2.24) is 0 Å². The third-order valence-corrected chi connectivity index (χ3v) is 19.1. The fourth-order valence-electron chi connectivity index (χ4n) is 10.3. The number of hydrogen-bond donors (Lipinski definition) is 0. The summed E-state index contributed by atoms with van der Waals surface area (Å²) < 4.78 is 2.61. The lowest BCUT2D eigenvalue weighted by atomic mass is 10.0. The predicted octanol–water partition coefficient (Wildman–Crippen LogP) is 22.8. The molecule has 0 aliphatic heterocycles. The van der Waals surface area contributed by atoms with E-state index < -0.39 is 0 Å². The molecule has 0 saturated carbocycles. The molecular formula is C72H48N2S4. The van der Waals surface area contributed by atoms with Gasteiger partial charge in [0.2, 0.25) is 0 Å². The van der Waals surface area contributed by atoms with Crippen molar-refractivity contribution in [1.29, 1.82) is 0 Å². The van der Waals surface area contributed by atoms with Gasteiger partial charge in [0, 0.05) is 72.8 Å². The van der Waals surface area contributed by atoms with Crippen LogP contribution in [0.2, 0.25) is 0 Å². The molecule has 0 radical (unpaired) electrons. The van der Waals surface area contributed by atoms with Crippen LogP contribution in [-0.2, 0) is 0 Å². The molecule has 0 aliphatic rings. The average molecular weight is 1070 g/mol. The highest BCUT2D eigenvalue weighted by atomic mass is 32.1. The molecule has 0 bridgehead atoms. The zero-order valence-corrected chi connectivity index (χ0v) is 45.5. The number of nitrogens with zero attached hydrogens (tertiary/aromatic N) is 2. The Morgan fingerprint density at radius 3 is 0.718 bits per heavy atom. The van der Waals surface area contributed by atoms with Crippen molar-refractivity contribution in [2.75, 3.05) is 9.80 Å². The fraction of sp³-hybridized carbons (Fsp3) is 0. The molecule has 0 fully saturated rings. The number of benzene rings is 10. The third-order valence-electron chi connectivity index (χ3n) is 14.4. The van der Waals surface area contributed by atoms with Gasteiger partial charge in [0.1, 0.15) is 0 Å². The van der Waals surface area contributed by atoms with Crippen LogP contribution in [0.15, 0.2) is 291 Å². The smallest absolute Gasteiger partial charge is 0.0462 e. The Morgan fingerprint density at radius 1 is 0.179 bits per heavy atom. The summed E-state index contributed by atoms with van der Waals surface area (Å²) in [4.78, 5) is 12.3. The first-order valence-electron chi connectivity index (χ1n) is 26.1. The minimum atomic E-state index is 1.09. The Morgan fingerprint density at radius 2 is 0.423 bits per heavy atom. The van der Waals surface area contributed by atoms with Crippen LogP contribution >= 0.6 is 45.3 Å². The topological polar surface area (TPSA) is 6.48 Å². The summed E-state index contributed by atoms with van der Waals surface area (Å²) in [5, 5.41) is 2.56. The molecule has 0 saturated heterocycles. The first-order valence-corrected chi connectivity index (χ1v) is 29.4. The minimum absolute atomic E-state index is 1.09. The molecule has 370 valence electrons. The minimum Gasteiger partial charge on any atom is -0.311 e. The molecule has 4 aromatic heterocycles. The number of rotatable bonds is 13. The largest absolute Gasteiger partial charge is 0.311 e. The van der Waals surface area contributed by atoms with Gasteiger partial charge >= 0.3 is 0 Å². The molecule has 4 heterocycles. The Labute approximate surface area is 471 Å². The van der Waals surface area contributed by atoms with Gasteiger partial charge in [0.25, 0.3) is 0 Å². The van der Waals surface area contributed by atoms with Crippen LogP contribution in [0.25, 0.3) is 93.9 Å². The van der Waals surface area contributed by atoms with Crippen molar-refractivity contribution in [3.63, 3.8) is 0 Å².